The summed E-state index contributed by atoms with van der Waals surface area (Å²) in [5.41, 5.74) is 4.64. The normalized spacial score (nSPS) is 17.4. The number of imidazole rings is 1. The molecule has 0 radical (unpaired) electrons. The number of benzene rings is 1. The number of pyridine rings is 1. The summed E-state index contributed by atoms with van der Waals surface area (Å²) in [4.78, 5) is 23.3. The van der Waals surface area contributed by atoms with Crippen LogP contribution in [0.15, 0.2) is 48.8 Å². The van der Waals surface area contributed by atoms with Crippen LogP contribution in [0, 0.1) is 6.92 Å². The van der Waals surface area contributed by atoms with Crippen LogP contribution in [0.1, 0.15) is 40.6 Å². The molecule has 1 aliphatic rings. The van der Waals surface area contributed by atoms with Crippen LogP contribution in [0.4, 0.5) is 0 Å². The first-order valence-electron chi connectivity index (χ1n) is 8.90. The van der Waals surface area contributed by atoms with Gasteiger partial charge in [-0.2, -0.15) is 5.10 Å². The van der Waals surface area contributed by atoms with Gasteiger partial charge in [0.05, 0.1) is 34.4 Å². The van der Waals surface area contributed by atoms with Crippen molar-refractivity contribution in [2.75, 3.05) is 6.54 Å². The number of hydrogen-bond acceptors (Lipinski definition) is 3. The third kappa shape index (κ3) is 2.29. The van der Waals surface area contributed by atoms with Crippen LogP contribution < -0.4 is 0 Å². The number of likely N-dealkylation sites (tertiary alicyclic amines) is 1. The SMILES string of the molecule is Cc1ccc2nc([C@@H]3CCCN3C(=O)c3cnn4ccccc34)[nH]c2c1. The van der Waals surface area contributed by atoms with Crippen LogP contribution >= 0.6 is 0 Å². The molecule has 5 rings (SSSR count). The van der Waals surface area contributed by atoms with Crippen molar-refractivity contribution in [1.82, 2.24) is 24.5 Å². The average molecular weight is 345 g/mol. The zero-order chi connectivity index (χ0) is 17.7. The Morgan fingerprint density at radius 2 is 2.19 bits per heavy atom. The van der Waals surface area contributed by atoms with E-state index in [4.69, 9.17) is 4.98 Å². The number of H-pyrrole nitrogens is 1. The number of aryl methyl sites for hydroxylation is 1. The highest BCUT2D eigenvalue weighted by Gasteiger charge is 2.33. The Labute approximate surface area is 150 Å². The lowest BCUT2D eigenvalue weighted by Crippen LogP contribution is -2.31. The minimum absolute atomic E-state index is 0.0188. The molecule has 26 heavy (non-hydrogen) atoms. The van der Waals surface area contributed by atoms with Gasteiger partial charge < -0.3 is 9.88 Å². The molecular formula is C20H19N5O. The second kappa shape index (κ2) is 5.69. The summed E-state index contributed by atoms with van der Waals surface area (Å²) in [6.07, 6.45) is 5.42. The summed E-state index contributed by atoms with van der Waals surface area (Å²) < 4.78 is 1.74. The van der Waals surface area contributed by atoms with Gasteiger partial charge in [-0.25, -0.2) is 9.50 Å². The van der Waals surface area contributed by atoms with Crippen LogP contribution in [0.5, 0.6) is 0 Å². The van der Waals surface area contributed by atoms with E-state index in [1.165, 1.54) is 5.56 Å². The monoisotopic (exact) mass is 345 g/mol. The van der Waals surface area contributed by atoms with E-state index in [2.05, 4.69) is 29.1 Å². The van der Waals surface area contributed by atoms with Crippen LogP contribution in [-0.4, -0.2) is 36.9 Å². The van der Waals surface area contributed by atoms with E-state index in [0.717, 1.165) is 41.8 Å². The molecule has 1 aromatic carbocycles. The molecule has 1 amide bonds. The number of carbonyl (C=O) groups is 1. The van der Waals surface area contributed by atoms with Crippen molar-refractivity contribution in [3.8, 4) is 0 Å². The minimum atomic E-state index is -0.0196. The smallest absolute Gasteiger partial charge is 0.258 e. The van der Waals surface area contributed by atoms with Crippen molar-refractivity contribution in [2.24, 2.45) is 0 Å². The fourth-order valence-corrected chi connectivity index (χ4v) is 3.85. The molecule has 1 aliphatic heterocycles. The first-order chi connectivity index (χ1) is 12.7. The zero-order valence-electron chi connectivity index (χ0n) is 14.5. The number of rotatable bonds is 2. The number of nitrogens with one attached hydrogen (secondary N) is 1. The molecule has 3 aromatic heterocycles. The fourth-order valence-electron chi connectivity index (χ4n) is 3.85. The molecule has 1 atom stereocenters. The highest BCUT2D eigenvalue weighted by Crippen LogP contribution is 2.33. The lowest BCUT2D eigenvalue weighted by Gasteiger charge is -2.22. The highest BCUT2D eigenvalue weighted by molar-refractivity contribution is 6.01. The maximum Gasteiger partial charge on any atom is 0.258 e. The molecular weight excluding hydrogens is 326 g/mol. The predicted octanol–water partition coefficient (Wildman–Crippen LogP) is 3.50. The second-order valence-electron chi connectivity index (χ2n) is 6.89. The summed E-state index contributed by atoms with van der Waals surface area (Å²) in [5, 5.41) is 4.30. The van der Waals surface area contributed by atoms with Crippen molar-refractivity contribution >= 4 is 22.5 Å². The number of carbonyl (C=O) groups excluding carboxylic acids is 1. The van der Waals surface area contributed by atoms with Gasteiger partial charge in [-0.1, -0.05) is 12.1 Å². The van der Waals surface area contributed by atoms with E-state index < -0.39 is 0 Å². The summed E-state index contributed by atoms with van der Waals surface area (Å²) in [5.74, 6) is 0.887. The van der Waals surface area contributed by atoms with E-state index >= 15 is 0 Å². The minimum Gasteiger partial charge on any atom is -0.340 e. The standard InChI is InChI=1S/C20H19N5O/c1-13-7-8-15-16(11-13)23-19(22-15)18-6-4-9-24(18)20(26)14-12-21-25-10-3-2-5-17(14)25/h2-3,5,7-8,10-12,18H,4,6,9H2,1H3,(H,22,23)/t18-/m0/s1. The van der Waals surface area contributed by atoms with E-state index in [9.17, 15) is 4.79 Å². The van der Waals surface area contributed by atoms with Gasteiger partial charge in [0.2, 0.25) is 0 Å². The summed E-state index contributed by atoms with van der Waals surface area (Å²) in [6, 6.07) is 11.9. The van der Waals surface area contributed by atoms with Gasteiger partial charge in [-0.15, -0.1) is 0 Å². The van der Waals surface area contributed by atoms with Crippen LogP contribution in [-0.2, 0) is 0 Å². The van der Waals surface area contributed by atoms with Gasteiger partial charge in [-0.05, 0) is 49.6 Å². The second-order valence-corrected chi connectivity index (χ2v) is 6.89. The Kier molecular flexibility index (Phi) is 3.31. The molecule has 4 heterocycles. The molecule has 6 heteroatoms. The van der Waals surface area contributed by atoms with Crippen LogP contribution in [0.25, 0.3) is 16.6 Å². The third-order valence-electron chi connectivity index (χ3n) is 5.14. The Morgan fingerprint density at radius 1 is 1.27 bits per heavy atom. The number of fused-ring (bicyclic) bond motifs is 2. The van der Waals surface area contributed by atoms with E-state index in [1.807, 2.05) is 35.4 Å². The highest BCUT2D eigenvalue weighted by atomic mass is 16.2. The Morgan fingerprint density at radius 3 is 3.12 bits per heavy atom. The van der Waals surface area contributed by atoms with E-state index in [-0.39, 0.29) is 11.9 Å². The van der Waals surface area contributed by atoms with E-state index in [0.29, 0.717) is 5.56 Å². The maximum atomic E-state index is 13.2. The van der Waals surface area contributed by atoms with Crippen molar-refractivity contribution < 1.29 is 4.79 Å². The Bertz CT molecular complexity index is 1130. The topological polar surface area (TPSA) is 66.3 Å². The van der Waals surface area contributed by atoms with E-state index in [1.54, 1.807) is 10.7 Å². The third-order valence-corrected chi connectivity index (χ3v) is 5.14. The number of hydrogen-bond donors (Lipinski definition) is 1. The molecule has 0 bridgehead atoms. The molecule has 0 aliphatic carbocycles. The quantitative estimate of drug-likeness (QED) is 0.605. The van der Waals surface area contributed by atoms with Crippen molar-refractivity contribution in [3.05, 3.63) is 65.7 Å². The van der Waals surface area contributed by atoms with Crippen molar-refractivity contribution in [1.29, 1.82) is 0 Å². The molecule has 0 unspecified atom stereocenters. The Hall–Kier alpha value is -3.15. The predicted molar refractivity (Wildman–Crippen MR) is 99.0 cm³/mol. The summed E-state index contributed by atoms with van der Waals surface area (Å²) in [6.45, 7) is 2.81. The first-order valence-corrected chi connectivity index (χ1v) is 8.90. The van der Waals surface area contributed by atoms with Gasteiger partial charge >= 0.3 is 0 Å². The molecule has 4 aromatic rings. The van der Waals surface area contributed by atoms with Gasteiger partial charge in [-0.3, -0.25) is 4.79 Å². The molecule has 6 nitrogen and oxygen atoms in total. The molecule has 1 fully saturated rings. The van der Waals surface area contributed by atoms with Gasteiger partial charge in [0.25, 0.3) is 5.91 Å². The van der Waals surface area contributed by atoms with Gasteiger partial charge in [0, 0.05) is 12.7 Å². The van der Waals surface area contributed by atoms with Gasteiger partial charge in [0.1, 0.15) is 5.82 Å². The molecule has 1 N–H and O–H groups in total. The molecule has 0 spiro atoms. The molecule has 0 saturated carbocycles. The zero-order valence-corrected chi connectivity index (χ0v) is 14.5. The summed E-state index contributed by atoms with van der Waals surface area (Å²) in [7, 11) is 0. The number of aromatic amines is 1. The Balaban J connectivity index is 1.52. The molecule has 1 saturated heterocycles. The van der Waals surface area contributed by atoms with Gasteiger partial charge in [0.15, 0.2) is 0 Å². The largest absolute Gasteiger partial charge is 0.340 e. The lowest BCUT2D eigenvalue weighted by atomic mass is 10.2. The fraction of sp³-hybridized carbons (Fsp3) is 0.250. The maximum absolute atomic E-state index is 13.2. The lowest BCUT2D eigenvalue weighted by molar-refractivity contribution is 0.0732. The van der Waals surface area contributed by atoms with Crippen molar-refractivity contribution in [3.63, 3.8) is 0 Å². The van der Waals surface area contributed by atoms with Crippen molar-refractivity contribution in [2.45, 2.75) is 25.8 Å². The summed E-state index contributed by atoms with van der Waals surface area (Å²) >= 11 is 0. The number of nitrogens with zero attached hydrogens (tertiary/aromatic N) is 4. The van der Waals surface area contributed by atoms with Crippen LogP contribution in [0.2, 0.25) is 0 Å². The molecule has 130 valence electrons. The number of aromatic nitrogens is 4. The van der Waals surface area contributed by atoms with Crippen LogP contribution in [0.3, 0.4) is 0 Å². The first kappa shape index (κ1) is 15.1. The number of amides is 1. The average Bonchev–Trinajstić information content (AvgIpc) is 3.37.